The molecule has 0 saturated heterocycles. The quantitative estimate of drug-likeness (QED) is 0.781. The topological polar surface area (TPSA) is 36.7 Å². The summed E-state index contributed by atoms with van der Waals surface area (Å²) in [6, 6.07) is 11.2. The molecule has 0 radical (unpaired) electrons. The largest absolute Gasteiger partial charge is 0.226 e. The highest BCUT2D eigenvalue weighted by molar-refractivity contribution is 8.01. The Kier molecular flexibility index (Phi) is 3.54. The third-order valence-electron chi connectivity index (χ3n) is 1.87. The first-order valence-corrected chi connectivity index (χ1v) is 6.33. The highest BCUT2D eigenvalue weighted by Gasteiger charge is 2.12. The van der Waals surface area contributed by atoms with Gasteiger partial charge in [-0.3, -0.25) is 0 Å². The maximum atomic E-state index is 13.6. The van der Waals surface area contributed by atoms with Crippen LogP contribution in [0.1, 0.15) is 0 Å². The molecule has 0 saturated carbocycles. The summed E-state index contributed by atoms with van der Waals surface area (Å²) < 4.78 is 14.2. The predicted molar refractivity (Wildman–Crippen MR) is 63.8 cm³/mol. The SMILES string of the molecule is N#CCSc1nc(-c2ccccc2)c(F)s1. The molecule has 1 heterocycles. The van der Waals surface area contributed by atoms with Gasteiger partial charge in [0.15, 0.2) is 4.34 Å². The molecule has 0 spiro atoms. The number of benzene rings is 1. The lowest BCUT2D eigenvalue weighted by Gasteiger charge is -1.94. The van der Waals surface area contributed by atoms with Crippen molar-refractivity contribution in [3.8, 4) is 17.3 Å². The van der Waals surface area contributed by atoms with Crippen molar-refractivity contribution in [2.45, 2.75) is 4.34 Å². The summed E-state index contributed by atoms with van der Waals surface area (Å²) in [5.41, 5.74) is 1.13. The van der Waals surface area contributed by atoms with Gasteiger partial charge in [-0.25, -0.2) is 4.98 Å². The average molecular weight is 250 g/mol. The van der Waals surface area contributed by atoms with E-state index < -0.39 is 0 Å². The van der Waals surface area contributed by atoms with E-state index in [9.17, 15) is 4.39 Å². The summed E-state index contributed by atoms with van der Waals surface area (Å²) in [5, 5.41) is 8.13. The monoisotopic (exact) mass is 250 g/mol. The summed E-state index contributed by atoms with van der Waals surface area (Å²) in [6.45, 7) is 0. The van der Waals surface area contributed by atoms with Crippen LogP contribution >= 0.6 is 23.1 Å². The minimum atomic E-state index is -0.299. The zero-order valence-corrected chi connectivity index (χ0v) is 9.82. The van der Waals surface area contributed by atoms with Gasteiger partial charge >= 0.3 is 0 Å². The van der Waals surface area contributed by atoms with Crippen molar-refractivity contribution in [2.24, 2.45) is 0 Å². The molecule has 0 aliphatic carbocycles. The van der Waals surface area contributed by atoms with E-state index in [1.165, 1.54) is 11.8 Å². The molecule has 16 heavy (non-hydrogen) atoms. The van der Waals surface area contributed by atoms with Gasteiger partial charge < -0.3 is 0 Å². The van der Waals surface area contributed by atoms with Gasteiger partial charge in [0.2, 0.25) is 5.13 Å². The second-order valence-electron chi connectivity index (χ2n) is 2.91. The normalized spacial score (nSPS) is 10.0. The summed E-state index contributed by atoms with van der Waals surface area (Å²) in [6.07, 6.45) is 0. The molecule has 0 aliphatic heterocycles. The Hall–Kier alpha value is -1.38. The molecule has 0 atom stereocenters. The number of hydrogen-bond acceptors (Lipinski definition) is 4. The summed E-state index contributed by atoms with van der Waals surface area (Å²) in [4.78, 5) is 4.17. The van der Waals surface area contributed by atoms with Crippen molar-refractivity contribution in [1.82, 2.24) is 4.98 Å². The zero-order chi connectivity index (χ0) is 11.4. The van der Waals surface area contributed by atoms with Crippen molar-refractivity contribution >= 4 is 23.1 Å². The van der Waals surface area contributed by atoms with Crippen molar-refractivity contribution in [1.29, 1.82) is 5.26 Å². The predicted octanol–water partition coefficient (Wildman–Crippen LogP) is 3.56. The highest BCUT2D eigenvalue weighted by atomic mass is 32.2. The number of nitrogens with zero attached hydrogens (tertiary/aromatic N) is 2. The first kappa shape index (κ1) is 11.1. The van der Waals surface area contributed by atoms with Crippen LogP contribution in [0, 0.1) is 16.5 Å². The van der Waals surface area contributed by atoms with Gasteiger partial charge in [0, 0.05) is 5.56 Å². The number of aromatic nitrogens is 1. The van der Waals surface area contributed by atoms with Crippen LogP contribution in [-0.2, 0) is 0 Å². The zero-order valence-electron chi connectivity index (χ0n) is 8.18. The molecular formula is C11H7FN2S2. The van der Waals surface area contributed by atoms with Gasteiger partial charge in [-0.1, -0.05) is 53.4 Å². The second kappa shape index (κ2) is 5.10. The Morgan fingerprint density at radius 2 is 2.12 bits per heavy atom. The van der Waals surface area contributed by atoms with Crippen LogP contribution in [-0.4, -0.2) is 10.7 Å². The van der Waals surface area contributed by atoms with E-state index in [2.05, 4.69) is 4.98 Å². The average Bonchev–Trinajstić information content (AvgIpc) is 2.69. The molecule has 0 bridgehead atoms. The molecule has 0 amide bonds. The Balaban J connectivity index is 2.29. The van der Waals surface area contributed by atoms with Crippen LogP contribution in [0.15, 0.2) is 34.7 Å². The van der Waals surface area contributed by atoms with Gasteiger partial charge in [-0.2, -0.15) is 9.65 Å². The molecule has 0 N–H and O–H groups in total. The Labute approximate surface area is 101 Å². The number of halogens is 1. The number of nitriles is 1. The molecule has 0 fully saturated rings. The number of hydrogen-bond donors (Lipinski definition) is 0. The molecule has 2 aromatic rings. The molecule has 80 valence electrons. The van der Waals surface area contributed by atoms with E-state index in [1.54, 1.807) is 0 Å². The molecule has 1 aromatic carbocycles. The fourth-order valence-electron chi connectivity index (χ4n) is 1.21. The molecule has 0 aliphatic rings. The van der Waals surface area contributed by atoms with Gasteiger partial charge in [0.25, 0.3) is 0 Å². The Bertz CT molecular complexity index is 517. The van der Waals surface area contributed by atoms with Gasteiger partial charge in [0.05, 0.1) is 11.8 Å². The van der Waals surface area contributed by atoms with E-state index in [-0.39, 0.29) is 5.13 Å². The van der Waals surface area contributed by atoms with E-state index in [4.69, 9.17) is 5.26 Å². The molecule has 2 rings (SSSR count). The maximum absolute atomic E-state index is 13.6. The number of thiazole rings is 1. The van der Waals surface area contributed by atoms with Gasteiger partial charge in [-0.05, 0) is 0 Å². The fraction of sp³-hybridized carbons (Fsp3) is 0.0909. The van der Waals surface area contributed by atoms with E-state index in [0.717, 1.165) is 16.9 Å². The van der Waals surface area contributed by atoms with Crippen molar-refractivity contribution in [3.63, 3.8) is 0 Å². The van der Waals surface area contributed by atoms with E-state index >= 15 is 0 Å². The lowest BCUT2D eigenvalue weighted by atomic mass is 10.2. The molecule has 5 heteroatoms. The summed E-state index contributed by atoms with van der Waals surface area (Å²) in [5.74, 6) is 0.293. The van der Waals surface area contributed by atoms with Crippen LogP contribution in [0.2, 0.25) is 0 Å². The summed E-state index contributed by atoms with van der Waals surface area (Å²) >= 11 is 2.24. The van der Waals surface area contributed by atoms with E-state index in [1.807, 2.05) is 36.4 Å². The van der Waals surface area contributed by atoms with E-state index in [0.29, 0.717) is 15.8 Å². The van der Waals surface area contributed by atoms with Crippen LogP contribution < -0.4 is 0 Å². The standard InChI is InChI=1S/C11H7FN2S2/c12-10-9(8-4-2-1-3-5-8)14-11(16-10)15-7-6-13/h1-5H,7H2. The van der Waals surface area contributed by atoms with Crippen molar-refractivity contribution in [2.75, 3.05) is 5.75 Å². The molecule has 1 aromatic heterocycles. The second-order valence-corrected chi connectivity index (χ2v) is 5.09. The van der Waals surface area contributed by atoms with Gasteiger partial charge in [-0.15, -0.1) is 0 Å². The fourth-order valence-corrected chi connectivity index (χ4v) is 2.74. The maximum Gasteiger partial charge on any atom is 0.205 e. The van der Waals surface area contributed by atoms with Crippen molar-refractivity contribution in [3.05, 3.63) is 35.5 Å². The Morgan fingerprint density at radius 3 is 2.81 bits per heavy atom. The van der Waals surface area contributed by atoms with Crippen LogP contribution in [0.25, 0.3) is 11.3 Å². The smallest absolute Gasteiger partial charge is 0.205 e. The molecule has 0 unspecified atom stereocenters. The van der Waals surface area contributed by atoms with Crippen LogP contribution in [0.4, 0.5) is 4.39 Å². The number of rotatable bonds is 3. The number of thioether (sulfide) groups is 1. The molecular weight excluding hydrogens is 243 g/mol. The first-order chi connectivity index (χ1) is 7.81. The minimum Gasteiger partial charge on any atom is -0.226 e. The highest BCUT2D eigenvalue weighted by Crippen LogP contribution is 2.31. The lowest BCUT2D eigenvalue weighted by molar-refractivity contribution is 0.657. The first-order valence-electron chi connectivity index (χ1n) is 4.53. The third kappa shape index (κ3) is 2.40. The van der Waals surface area contributed by atoms with Gasteiger partial charge in [0.1, 0.15) is 5.69 Å². The lowest BCUT2D eigenvalue weighted by Crippen LogP contribution is -1.80. The minimum absolute atomic E-state index is 0.293. The van der Waals surface area contributed by atoms with Crippen LogP contribution in [0.5, 0.6) is 0 Å². The molecule has 2 nitrogen and oxygen atoms in total. The third-order valence-corrected chi connectivity index (χ3v) is 3.73. The van der Waals surface area contributed by atoms with Crippen molar-refractivity contribution < 1.29 is 4.39 Å². The summed E-state index contributed by atoms with van der Waals surface area (Å²) in [7, 11) is 0. The Morgan fingerprint density at radius 1 is 1.38 bits per heavy atom. The van der Waals surface area contributed by atoms with Crippen LogP contribution in [0.3, 0.4) is 0 Å².